The van der Waals surface area contributed by atoms with E-state index in [4.69, 9.17) is 9.15 Å². The molecule has 6 nitrogen and oxygen atoms in total. The number of fused-ring (bicyclic) bond motifs is 4. The fourth-order valence-electron chi connectivity index (χ4n) is 3.55. The van der Waals surface area contributed by atoms with Crippen LogP contribution >= 0.6 is 0 Å². The number of aromatic nitrogens is 3. The summed E-state index contributed by atoms with van der Waals surface area (Å²) in [7, 11) is 0. The van der Waals surface area contributed by atoms with Gasteiger partial charge in [0.15, 0.2) is 0 Å². The molecule has 0 amide bonds. The van der Waals surface area contributed by atoms with Crippen LogP contribution in [0.1, 0.15) is 57.7 Å². The number of nitrogens with zero attached hydrogens (tertiary/aromatic N) is 3. The highest BCUT2D eigenvalue weighted by molar-refractivity contribution is 6.00. The lowest BCUT2D eigenvalue weighted by molar-refractivity contribution is -0.0411. The van der Waals surface area contributed by atoms with E-state index in [1.165, 1.54) is 12.8 Å². The second-order valence-electron chi connectivity index (χ2n) is 7.76. The Hall–Kier alpha value is -2.21. The molecule has 0 N–H and O–H groups in total. The summed E-state index contributed by atoms with van der Waals surface area (Å²) in [5.74, 6) is 0. The highest BCUT2D eigenvalue weighted by Gasteiger charge is 2.28. The molecule has 0 aliphatic carbocycles. The number of furan rings is 1. The van der Waals surface area contributed by atoms with Crippen molar-refractivity contribution in [3.63, 3.8) is 0 Å². The van der Waals surface area contributed by atoms with Gasteiger partial charge in [-0.25, -0.2) is 9.97 Å². The summed E-state index contributed by atoms with van der Waals surface area (Å²) < 4.78 is 13.4. The largest absolute Gasteiger partial charge is 0.430 e. The van der Waals surface area contributed by atoms with Crippen molar-refractivity contribution in [2.24, 2.45) is 0 Å². The topological polar surface area (TPSA) is 70.2 Å². The zero-order valence-electron chi connectivity index (χ0n) is 15.7. The standard InChI is InChI=1S/C20H25N3O3/c1-4-5-6-7-8-23-12-21-16-14-9-13-11-25-20(2,3)10-15(13)22-18(14)26-17(16)19(23)24/h9,12H,4-8,10-11H2,1-3H3. The molecule has 26 heavy (non-hydrogen) atoms. The minimum Gasteiger partial charge on any atom is -0.430 e. The Morgan fingerprint density at radius 2 is 2.12 bits per heavy atom. The van der Waals surface area contributed by atoms with Crippen LogP contribution in [-0.4, -0.2) is 20.1 Å². The molecule has 138 valence electrons. The van der Waals surface area contributed by atoms with Gasteiger partial charge in [-0.15, -0.1) is 0 Å². The molecule has 1 aliphatic heterocycles. The normalized spacial score (nSPS) is 16.3. The molecule has 0 spiro atoms. The van der Waals surface area contributed by atoms with Gasteiger partial charge in [-0.05, 0) is 26.3 Å². The molecule has 3 aromatic rings. The molecule has 6 heteroatoms. The second-order valence-corrected chi connectivity index (χ2v) is 7.76. The number of hydrogen-bond acceptors (Lipinski definition) is 5. The summed E-state index contributed by atoms with van der Waals surface area (Å²) in [6.07, 6.45) is 6.80. The van der Waals surface area contributed by atoms with Crippen LogP contribution in [0.5, 0.6) is 0 Å². The molecular formula is C20H25N3O3. The lowest BCUT2D eigenvalue weighted by Crippen LogP contribution is -2.32. The number of pyridine rings is 1. The van der Waals surface area contributed by atoms with E-state index in [1.54, 1.807) is 10.9 Å². The Bertz CT molecular complexity index is 1020. The van der Waals surface area contributed by atoms with Gasteiger partial charge < -0.3 is 9.15 Å². The Labute approximate surface area is 152 Å². The Morgan fingerprint density at radius 3 is 2.92 bits per heavy atom. The molecule has 0 aromatic carbocycles. The van der Waals surface area contributed by atoms with Gasteiger partial charge in [0, 0.05) is 18.5 Å². The minimum atomic E-state index is -0.233. The van der Waals surface area contributed by atoms with E-state index in [2.05, 4.69) is 30.7 Å². The van der Waals surface area contributed by atoms with E-state index in [-0.39, 0.29) is 11.2 Å². The van der Waals surface area contributed by atoms with Crippen molar-refractivity contribution >= 4 is 22.2 Å². The number of aryl methyl sites for hydroxylation is 1. The van der Waals surface area contributed by atoms with Crippen molar-refractivity contribution in [3.05, 3.63) is 34.0 Å². The highest BCUT2D eigenvalue weighted by Crippen LogP contribution is 2.31. The molecule has 0 radical (unpaired) electrons. The predicted molar refractivity (Wildman–Crippen MR) is 100 cm³/mol. The quantitative estimate of drug-likeness (QED) is 0.648. The smallest absolute Gasteiger partial charge is 0.297 e. The third-order valence-corrected chi connectivity index (χ3v) is 5.07. The number of rotatable bonds is 5. The lowest BCUT2D eigenvalue weighted by atomic mass is 9.95. The van der Waals surface area contributed by atoms with Crippen molar-refractivity contribution in [1.29, 1.82) is 0 Å². The highest BCUT2D eigenvalue weighted by atomic mass is 16.5. The first-order chi connectivity index (χ1) is 12.5. The van der Waals surface area contributed by atoms with Crippen LogP contribution in [0.2, 0.25) is 0 Å². The first-order valence-electron chi connectivity index (χ1n) is 9.43. The summed E-state index contributed by atoms with van der Waals surface area (Å²) in [4.78, 5) is 21.9. The SMILES string of the molecule is CCCCCCn1cnc2c(oc3nc4c(cc32)COC(C)(C)C4)c1=O. The van der Waals surface area contributed by atoms with E-state index >= 15 is 0 Å². The molecule has 0 saturated heterocycles. The van der Waals surface area contributed by atoms with E-state index in [9.17, 15) is 4.79 Å². The average molecular weight is 355 g/mol. The maximum absolute atomic E-state index is 12.8. The monoisotopic (exact) mass is 355 g/mol. The van der Waals surface area contributed by atoms with E-state index in [0.717, 1.165) is 35.9 Å². The fraction of sp³-hybridized carbons (Fsp3) is 0.550. The molecule has 0 fully saturated rings. The maximum atomic E-state index is 12.8. The zero-order chi connectivity index (χ0) is 18.3. The van der Waals surface area contributed by atoms with Crippen LogP contribution in [0.3, 0.4) is 0 Å². The van der Waals surface area contributed by atoms with Gasteiger partial charge in [0.25, 0.3) is 5.56 Å². The van der Waals surface area contributed by atoms with E-state index in [1.807, 2.05) is 6.07 Å². The van der Waals surface area contributed by atoms with Crippen LogP contribution in [0.4, 0.5) is 0 Å². The summed E-state index contributed by atoms with van der Waals surface area (Å²) in [6.45, 7) is 7.47. The predicted octanol–water partition coefficient (Wildman–Crippen LogP) is 3.97. The molecule has 0 unspecified atom stereocenters. The van der Waals surface area contributed by atoms with Crippen molar-refractivity contribution < 1.29 is 9.15 Å². The number of ether oxygens (including phenoxy) is 1. The van der Waals surface area contributed by atoms with Gasteiger partial charge in [-0.2, -0.15) is 0 Å². The number of unbranched alkanes of at least 4 members (excludes halogenated alkanes) is 3. The Kier molecular flexibility index (Phi) is 4.31. The first-order valence-corrected chi connectivity index (χ1v) is 9.43. The molecule has 0 bridgehead atoms. The van der Waals surface area contributed by atoms with Crippen LogP contribution < -0.4 is 5.56 Å². The van der Waals surface area contributed by atoms with Gasteiger partial charge in [0.05, 0.1) is 29.6 Å². The third kappa shape index (κ3) is 3.03. The third-order valence-electron chi connectivity index (χ3n) is 5.07. The average Bonchev–Trinajstić information content (AvgIpc) is 2.96. The van der Waals surface area contributed by atoms with E-state index < -0.39 is 0 Å². The summed E-state index contributed by atoms with van der Waals surface area (Å²) >= 11 is 0. The van der Waals surface area contributed by atoms with Crippen LogP contribution in [0, 0.1) is 0 Å². The van der Waals surface area contributed by atoms with Crippen LogP contribution in [0.15, 0.2) is 21.6 Å². The summed E-state index contributed by atoms with van der Waals surface area (Å²) in [6, 6.07) is 2.01. The maximum Gasteiger partial charge on any atom is 0.297 e. The van der Waals surface area contributed by atoms with Crippen LogP contribution in [0.25, 0.3) is 22.2 Å². The minimum absolute atomic E-state index is 0.126. The molecule has 1 aliphatic rings. The second kappa shape index (κ2) is 6.50. The number of hydrogen-bond donors (Lipinski definition) is 0. The summed E-state index contributed by atoms with van der Waals surface area (Å²) in [5, 5.41) is 0.789. The van der Waals surface area contributed by atoms with Gasteiger partial charge >= 0.3 is 0 Å². The van der Waals surface area contributed by atoms with Crippen molar-refractivity contribution in [1.82, 2.24) is 14.5 Å². The molecule has 4 rings (SSSR count). The zero-order valence-corrected chi connectivity index (χ0v) is 15.7. The van der Waals surface area contributed by atoms with Crippen molar-refractivity contribution in [2.75, 3.05) is 0 Å². The van der Waals surface area contributed by atoms with Gasteiger partial charge in [0.2, 0.25) is 11.3 Å². The molecule has 3 aromatic heterocycles. The lowest BCUT2D eigenvalue weighted by Gasteiger charge is -2.30. The van der Waals surface area contributed by atoms with Gasteiger partial charge in [-0.3, -0.25) is 9.36 Å². The Morgan fingerprint density at radius 1 is 1.27 bits per heavy atom. The van der Waals surface area contributed by atoms with E-state index in [0.29, 0.717) is 30.0 Å². The van der Waals surface area contributed by atoms with Crippen molar-refractivity contribution in [3.8, 4) is 0 Å². The molecule has 4 heterocycles. The van der Waals surface area contributed by atoms with Gasteiger partial charge in [-0.1, -0.05) is 26.2 Å². The van der Waals surface area contributed by atoms with Crippen molar-refractivity contribution in [2.45, 2.75) is 71.6 Å². The molecular weight excluding hydrogens is 330 g/mol. The summed E-state index contributed by atoms with van der Waals surface area (Å²) in [5.41, 5.74) is 3.05. The molecule has 0 atom stereocenters. The van der Waals surface area contributed by atoms with Gasteiger partial charge in [0.1, 0.15) is 5.52 Å². The first kappa shape index (κ1) is 17.2. The Balaban J connectivity index is 1.74. The van der Waals surface area contributed by atoms with Crippen LogP contribution in [-0.2, 0) is 24.3 Å². The fourth-order valence-corrected chi connectivity index (χ4v) is 3.55. The molecule has 0 saturated carbocycles.